The predicted molar refractivity (Wildman–Crippen MR) is 88.0 cm³/mol. The van der Waals surface area contributed by atoms with Crippen LogP contribution in [0.3, 0.4) is 0 Å². The number of aliphatic hydroxyl groups is 1. The van der Waals surface area contributed by atoms with Gasteiger partial charge in [0.15, 0.2) is 10.4 Å². The van der Waals surface area contributed by atoms with Crippen LogP contribution in [0.4, 0.5) is 0 Å². The summed E-state index contributed by atoms with van der Waals surface area (Å²) in [5.41, 5.74) is 1.24. The van der Waals surface area contributed by atoms with Gasteiger partial charge in [0.05, 0.1) is 14.2 Å². The fraction of sp³-hybridized carbons (Fsp3) is 0.312. The summed E-state index contributed by atoms with van der Waals surface area (Å²) in [4.78, 5) is 12.1. The van der Waals surface area contributed by atoms with Gasteiger partial charge in [-0.3, -0.25) is 4.79 Å². The van der Waals surface area contributed by atoms with Crippen molar-refractivity contribution < 1.29 is 23.8 Å². The van der Waals surface area contributed by atoms with Crippen LogP contribution >= 0.6 is 15.9 Å². The van der Waals surface area contributed by atoms with Gasteiger partial charge < -0.3 is 24.3 Å². The number of hydrogen-bond acceptors (Lipinski definition) is 5. The van der Waals surface area contributed by atoms with Crippen LogP contribution in [0.2, 0.25) is 0 Å². The minimum Gasteiger partial charge on any atom is -0.497 e. The summed E-state index contributed by atoms with van der Waals surface area (Å²) in [5.74, 6) is 0.928. The maximum absolute atomic E-state index is 12.1. The number of carbonyl (C=O) groups excluding carboxylic acids is 1. The molecule has 7 heteroatoms. The molecule has 2 aromatic rings. The fourth-order valence-electron chi connectivity index (χ4n) is 2.15. The average Bonchev–Trinajstić information content (AvgIpc) is 2.90. The van der Waals surface area contributed by atoms with Gasteiger partial charge >= 0.3 is 0 Å². The Labute approximate surface area is 142 Å². The van der Waals surface area contributed by atoms with E-state index < -0.39 is 12.0 Å². The Morgan fingerprint density at radius 2 is 2.09 bits per heavy atom. The molecule has 1 atom stereocenters. The standard InChI is InChI=1S/C16H18BrNO5/c1-9-6-14(17)23-15(9)16(20)18-8-12(19)11-7-10(21-2)4-5-13(11)22-3/h4-7,12,19H,8H2,1-3H3,(H,18,20). The van der Waals surface area contributed by atoms with Crippen LogP contribution in [0.1, 0.15) is 27.8 Å². The molecule has 0 aliphatic carbocycles. The highest BCUT2D eigenvalue weighted by Crippen LogP contribution is 2.29. The third-order valence-corrected chi connectivity index (χ3v) is 3.74. The van der Waals surface area contributed by atoms with Crippen LogP contribution in [0.5, 0.6) is 11.5 Å². The van der Waals surface area contributed by atoms with Gasteiger partial charge in [-0.2, -0.15) is 0 Å². The SMILES string of the molecule is COc1ccc(OC)c(C(O)CNC(=O)c2oc(Br)cc2C)c1. The molecule has 2 rings (SSSR count). The number of carbonyl (C=O) groups is 1. The van der Waals surface area contributed by atoms with E-state index in [1.807, 2.05) is 0 Å². The molecule has 0 radical (unpaired) electrons. The van der Waals surface area contributed by atoms with E-state index in [9.17, 15) is 9.90 Å². The van der Waals surface area contributed by atoms with Crippen LogP contribution in [-0.4, -0.2) is 31.8 Å². The van der Waals surface area contributed by atoms with Gasteiger partial charge in [0.25, 0.3) is 5.91 Å². The number of halogens is 1. The van der Waals surface area contributed by atoms with Crippen LogP contribution in [0.15, 0.2) is 33.4 Å². The van der Waals surface area contributed by atoms with Crippen molar-refractivity contribution in [3.63, 3.8) is 0 Å². The topological polar surface area (TPSA) is 80.9 Å². The molecule has 1 amide bonds. The molecule has 0 aliphatic rings. The highest BCUT2D eigenvalue weighted by atomic mass is 79.9. The zero-order valence-electron chi connectivity index (χ0n) is 13.1. The zero-order chi connectivity index (χ0) is 17.0. The van der Waals surface area contributed by atoms with Gasteiger partial charge in [0.1, 0.15) is 17.6 Å². The van der Waals surface area contributed by atoms with E-state index in [0.717, 1.165) is 0 Å². The number of furan rings is 1. The second-order valence-electron chi connectivity index (χ2n) is 4.90. The number of methoxy groups -OCH3 is 2. The van der Waals surface area contributed by atoms with Gasteiger partial charge in [-0.1, -0.05) is 0 Å². The molecule has 1 unspecified atom stereocenters. The number of benzene rings is 1. The van der Waals surface area contributed by atoms with E-state index in [1.165, 1.54) is 14.2 Å². The lowest BCUT2D eigenvalue weighted by molar-refractivity contribution is 0.0885. The zero-order valence-corrected chi connectivity index (χ0v) is 14.6. The first kappa shape index (κ1) is 17.4. The Morgan fingerprint density at radius 1 is 1.35 bits per heavy atom. The molecule has 1 heterocycles. The first-order chi connectivity index (χ1) is 11.0. The molecule has 0 bridgehead atoms. The maximum Gasteiger partial charge on any atom is 0.287 e. The molecule has 0 spiro atoms. The number of amides is 1. The first-order valence-electron chi connectivity index (χ1n) is 6.90. The number of nitrogens with one attached hydrogen (secondary N) is 1. The van der Waals surface area contributed by atoms with Gasteiger partial charge in [0.2, 0.25) is 0 Å². The van der Waals surface area contributed by atoms with E-state index in [1.54, 1.807) is 31.2 Å². The molecule has 23 heavy (non-hydrogen) atoms. The molecule has 0 fully saturated rings. The largest absolute Gasteiger partial charge is 0.497 e. The number of aryl methyl sites for hydroxylation is 1. The number of ether oxygens (including phenoxy) is 2. The van der Waals surface area contributed by atoms with E-state index in [0.29, 0.717) is 27.3 Å². The minimum atomic E-state index is -0.942. The summed E-state index contributed by atoms with van der Waals surface area (Å²) in [6.45, 7) is 1.78. The molecule has 1 aromatic heterocycles. The minimum absolute atomic E-state index is 0.0140. The average molecular weight is 384 g/mol. The van der Waals surface area contributed by atoms with Crippen molar-refractivity contribution in [1.82, 2.24) is 5.32 Å². The Hall–Kier alpha value is -1.99. The van der Waals surface area contributed by atoms with Crippen LogP contribution < -0.4 is 14.8 Å². The monoisotopic (exact) mass is 383 g/mol. The highest BCUT2D eigenvalue weighted by molar-refractivity contribution is 9.10. The second kappa shape index (κ2) is 7.52. The van der Waals surface area contributed by atoms with E-state index in [4.69, 9.17) is 13.9 Å². The Kier molecular flexibility index (Phi) is 5.68. The first-order valence-corrected chi connectivity index (χ1v) is 7.69. The summed E-state index contributed by atoms with van der Waals surface area (Å²) in [5, 5.41) is 13.0. The molecule has 1 aromatic carbocycles. The fourth-order valence-corrected chi connectivity index (χ4v) is 2.65. The van der Waals surface area contributed by atoms with Crippen molar-refractivity contribution >= 4 is 21.8 Å². The quantitative estimate of drug-likeness (QED) is 0.801. The number of rotatable bonds is 6. The molecule has 0 aliphatic heterocycles. The Balaban J connectivity index is 2.08. The summed E-state index contributed by atoms with van der Waals surface area (Å²) >= 11 is 3.18. The lowest BCUT2D eigenvalue weighted by Gasteiger charge is -2.16. The van der Waals surface area contributed by atoms with Crippen molar-refractivity contribution in [2.45, 2.75) is 13.0 Å². The van der Waals surface area contributed by atoms with Crippen molar-refractivity contribution in [2.24, 2.45) is 0 Å². The van der Waals surface area contributed by atoms with E-state index in [-0.39, 0.29) is 12.3 Å². The summed E-state index contributed by atoms with van der Waals surface area (Å²) < 4.78 is 16.1. The third kappa shape index (κ3) is 4.05. The second-order valence-corrected chi connectivity index (χ2v) is 5.68. The number of aliphatic hydroxyl groups excluding tert-OH is 1. The van der Waals surface area contributed by atoms with Crippen LogP contribution in [0.25, 0.3) is 0 Å². The lowest BCUT2D eigenvalue weighted by atomic mass is 10.1. The summed E-state index contributed by atoms with van der Waals surface area (Å²) in [6.07, 6.45) is -0.942. The van der Waals surface area contributed by atoms with Crippen molar-refractivity contribution in [3.8, 4) is 11.5 Å². The molecule has 2 N–H and O–H groups in total. The number of hydrogen-bond donors (Lipinski definition) is 2. The van der Waals surface area contributed by atoms with Gasteiger partial charge in [-0.05, 0) is 47.1 Å². The normalized spacial score (nSPS) is 11.9. The summed E-state index contributed by atoms with van der Waals surface area (Å²) in [7, 11) is 3.05. The van der Waals surface area contributed by atoms with Crippen molar-refractivity contribution in [3.05, 3.63) is 45.8 Å². The molecule has 0 saturated carbocycles. The molecule has 6 nitrogen and oxygen atoms in total. The molecule has 0 saturated heterocycles. The maximum atomic E-state index is 12.1. The van der Waals surface area contributed by atoms with Crippen molar-refractivity contribution in [1.29, 1.82) is 0 Å². The van der Waals surface area contributed by atoms with E-state index >= 15 is 0 Å². The Morgan fingerprint density at radius 3 is 2.65 bits per heavy atom. The predicted octanol–water partition coefficient (Wildman–Crippen LogP) is 2.83. The molecule has 124 valence electrons. The van der Waals surface area contributed by atoms with Crippen molar-refractivity contribution in [2.75, 3.05) is 20.8 Å². The highest BCUT2D eigenvalue weighted by Gasteiger charge is 2.19. The van der Waals surface area contributed by atoms with Gasteiger partial charge in [0, 0.05) is 17.7 Å². The molecular weight excluding hydrogens is 366 g/mol. The van der Waals surface area contributed by atoms with Gasteiger partial charge in [-0.25, -0.2) is 0 Å². The lowest BCUT2D eigenvalue weighted by Crippen LogP contribution is -2.28. The van der Waals surface area contributed by atoms with Crippen LogP contribution in [-0.2, 0) is 0 Å². The third-order valence-electron chi connectivity index (χ3n) is 3.35. The Bertz CT molecular complexity index is 698. The summed E-state index contributed by atoms with van der Waals surface area (Å²) in [6, 6.07) is 6.81. The smallest absolute Gasteiger partial charge is 0.287 e. The van der Waals surface area contributed by atoms with Crippen LogP contribution in [0, 0.1) is 6.92 Å². The van der Waals surface area contributed by atoms with E-state index in [2.05, 4.69) is 21.2 Å². The molecular formula is C16H18BrNO5. The van der Waals surface area contributed by atoms with Gasteiger partial charge in [-0.15, -0.1) is 0 Å².